The van der Waals surface area contributed by atoms with E-state index in [1.807, 2.05) is 6.07 Å². The summed E-state index contributed by atoms with van der Waals surface area (Å²) in [5.74, 6) is 0.334. The van der Waals surface area contributed by atoms with Crippen molar-refractivity contribution >= 4 is 45.8 Å². The number of likely N-dealkylation sites (tertiary alicyclic amines) is 1. The third kappa shape index (κ3) is 3.97. The lowest BCUT2D eigenvalue weighted by Crippen LogP contribution is -2.51. The first-order valence-corrected chi connectivity index (χ1v) is 8.10. The highest BCUT2D eigenvalue weighted by Crippen LogP contribution is 2.34. The second-order valence-corrected chi connectivity index (χ2v) is 6.54. The number of ether oxygens (including phenoxy) is 1. The summed E-state index contributed by atoms with van der Waals surface area (Å²) in [6.45, 7) is 1.25. The van der Waals surface area contributed by atoms with Gasteiger partial charge in [0.15, 0.2) is 6.61 Å². The molecule has 6 nitrogen and oxygen atoms in total. The molecule has 1 saturated heterocycles. The summed E-state index contributed by atoms with van der Waals surface area (Å²) in [6, 6.07) is 5.44. The number of halogens is 2. The van der Waals surface area contributed by atoms with E-state index in [1.165, 1.54) is 4.90 Å². The van der Waals surface area contributed by atoms with E-state index in [9.17, 15) is 9.59 Å². The molecule has 0 aliphatic carbocycles. The van der Waals surface area contributed by atoms with Crippen LogP contribution in [0.2, 0.25) is 0 Å². The van der Waals surface area contributed by atoms with E-state index in [2.05, 4.69) is 15.9 Å². The van der Waals surface area contributed by atoms with Crippen molar-refractivity contribution in [3.8, 4) is 5.75 Å². The molecule has 2 aliphatic heterocycles. The van der Waals surface area contributed by atoms with Gasteiger partial charge in [-0.15, -0.1) is 12.4 Å². The monoisotopic (exact) mass is 403 g/mol. The average molecular weight is 405 g/mol. The number of rotatable bonds is 2. The highest BCUT2D eigenvalue weighted by atomic mass is 79.9. The molecule has 0 saturated carbocycles. The molecule has 2 heterocycles. The topological polar surface area (TPSA) is 75.9 Å². The number of amides is 2. The lowest BCUT2D eigenvalue weighted by molar-refractivity contribution is -0.133. The number of carbonyl (C=O) groups excluding carboxylic acids is 2. The molecule has 0 bridgehead atoms. The lowest BCUT2D eigenvalue weighted by atomic mass is 10.1. The van der Waals surface area contributed by atoms with Crippen LogP contribution in [-0.4, -0.2) is 49.0 Å². The van der Waals surface area contributed by atoms with E-state index in [4.69, 9.17) is 10.5 Å². The highest BCUT2D eigenvalue weighted by Gasteiger charge is 2.30. The number of nitrogens with two attached hydrogens (primary N) is 1. The zero-order chi connectivity index (χ0) is 15.7. The predicted octanol–water partition coefficient (Wildman–Crippen LogP) is 1.55. The molecule has 0 spiro atoms. The standard InChI is InChI=1S/C15H18BrN3O3.ClH/c16-10-3-4-12-13(6-10)22-9-15(21)19(12)8-14(20)18-5-1-2-11(17)7-18;/h3-4,6,11H,1-2,5,7-9,17H2;1H. The van der Waals surface area contributed by atoms with Crippen molar-refractivity contribution < 1.29 is 14.3 Å². The summed E-state index contributed by atoms with van der Waals surface area (Å²) in [5.41, 5.74) is 6.55. The lowest BCUT2D eigenvalue weighted by Gasteiger charge is -2.34. The number of benzene rings is 1. The molecule has 1 aromatic carbocycles. The van der Waals surface area contributed by atoms with Gasteiger partial charge < -0.3 is 15.4 Å². The van der Waals surface area contributed by atoms with Gasteiger partial charge in [-0.05, 0) is 31.0 Å². The first kappa shape index (κ1) is 18.0. The minimum atomic E-state index is -0.204. The fourth-order valence-corrected chi connectivity index (χ4v) is 3.16. The van der Waals surface area contributed by atoms with Crippen molar-refractivity contribution in [3.05, 3.63) is 22.7 Å². The van der Waals surface area contributed by atoms with Gasteiger partial charge in [-0.25, -0.2) is 0 Å². The van der Waals surface area contributed by atoms with Gasteiger partial charge in [0.25, 0.3) is 5.91 Å². The fraction of sp³-hybridized carbons (Fsp3) is 0.467. The Morgan fingerprint density at radius 2 is 2.22 bits per heavy atom. The van der Waals surface area contributed by atoms with Crippen LogP contribution in [0, 0.1) is 0 Å². The van der Waals surface area contributed by atoms with Crippen LogP contribution >= 0.6 is 28.3 Å². The largest absolute Gasteiger partial charge is 0.482 e. The van der Waals surface area contributed by atoms with E-state index in [0.29, 0.717) is 24.5 Å². The number of nitrogens with zero attached hydrogens (tertiary/aromatic N) is 2. The Balaban J connectivity index is 0.00000192. The zero-order valence-electron chi connectivity index (χ0n) is 12.5. The third-order valence-corrected chi connectivity index (χ3v) is 4.46. The number of fused-ring (bicyclic) bond motifs is 1. The van der Waals surface area contributed by atoms with Crippen molar-refractivity contribution in [2.75, 3.05) is 31.1 Å². The molecule has 1 fully saturated rings. The van der Waals surface area contributed by atoms with Gasteiger partial charge in [-0.3, -0.25) is 14.5 Å². The maximum absolute atomic E-state index is 12.5. The van der Waals surface area contributed by atoms with Crippen LogP contribution in [0.5, 0.6) is 5.75 Å². The van der Waals surface area contributed by atoms with Gasteiger partial charge in [0.05, 0.1) is 5.69 Å². The number of carbonyl (C=O) groups is 2. The Morgan fingerprint density at radius 3 is 2.96 bits per heavy atom. The molecule has 8 heteroatoms. The van der Waals surface area contributed by atoms with Gasteiger partial charge in [0.2, 0.25) is 5.91 Å². The summed E-state index contributed by atoms with van der Waals surface area (Å²) in [5, 5.41) is 0. The van der Waals surface area contributed by atoms with Crippen LogP contribution in [-0.2, 0) is 9.59 Å². The Morgan fingerprint density at radius 1 is 1.43 bits per heavy atom. The van der Waals surface area contributed by atoms with Crippen LogP contribution in [0.3, 0.4) is 0 Å². The maximum Gasteiger partial charge on any atom is 0.265 e. The summed E-state index contributed by atoms with van der Waals surface area (Å²) in [4.78, 5) is 27.8. The van der Waals surface area contributed by atoms with Crippen LogP contribution in [0.1, 0.15) is 12.8 Å². The molecule has 126 valence electrons. The molecule has 2 N–H and O–H groups in total. The molecule has 3 rings (SSSR count). The van der Waals surface area contributed by atoms with Crippen LogP contribution in [0.15, 0.2) is 22.7 Å². The molecular formula is C15H19BrClN3O3. The number of piperidine rings is 1. The second-order valence-electron chi connectivity index (χ2n) is 5.62. The van der Waals surface area contributed by atoms with Crippen molar-refractivity contribution in [3.63, 3.8) is 0 Å². The van der Waals surface area contributed by atoms with Crippen LogP contribution < -0.4 is 15.4 Å². The SMILES string of the molecule is Cl.NC1CCCN(C(=O)CN2C(=O)COc3cc(Br)ccc32)C1. The van der Waals surface area contributed by atoms with Gasteiger partial charge in [0.1, 0.15) is 12.3 Å². The van der Waals surface area contributed by atoms with E-state index in [1.54, 1.807) is 17.0 Å². The average Bonchev–Trinajstić information content (AvgIpc) is 2.50. The molecule has 0 radical (unpaired) electrons. The third-order valence-electron chi connectivity index (χ3n) is 3.97. The van der Waals surface area contributed by atoms with Crippen molar-refractivity contribution in [1.82, 2.24) is 4.90 Å². The normalized spacial score (nSPS) is 20.4. The first-order chi connectivity index (χ1) is 10.5. The molecule has 0 aromatic heterocycles. The molecule has 2 aliphatic rings. The van der Waals surface area contributed by atoms with Crippen LogP contribution in [0.4, 0.5) is 5.69 Å². The van der Waals surface area contributed by atoms with E-state index >= 15 is 0 Å². The molecule has 2 amide bonds. The zero-order valence-corrected chi connectivity index (χ0v) is 14.9. The Hall–Kier alpha value is -1.31. The number of hydrogen-bond donors (Lipinski definition) is 1. The highest BCUT2D eigenvalue weighted by molar-refractivity contribution is 9.10. The summed E-state index contributed by atoms with van der Waals surface area (Å²) in [6.07, 6.45) is 1.85. The van der Waals surface area contributed by atoms with E-state index in [0.717, 1.165) is 17.3 Å². The first-order valence-electron chi connectivity index (χ1n) is 7.30. The van der Waals surface area contributed by atoms with E-state index in [-0.39, 0.29) is 43.4 Å². The van der Waals surface area contributed by atoms with E-state index < -0.39 is 0 Å². The van der Waals surface area contributed by atoms with Gasteiger partial charge >= 0.3 is 0 Å². The number of anilines is 1. The number of hydrogen-bond acceptors (Lipinski definition) is 4. The minimum Gasteiger partial charge on any atom is -0.482 e. The predicted molar refractivity (Wildman–Crippen MR) is 93.0 cm³/mol. The van der Waals surface area contributed by atoms with Gasteiger partial charge in [-0.2, -0.15) is 0 Å². The quantitative estimate of drug-likeness (QED) is 0.811. The van der Waals surface area contributed by atoms with Gasteiger partial charge in [-0.1, -0.05) is 15.9 Å². The van der Waals surface area contributed by atoms with Crippen LogP contribution in [0.25, 0.3) is 0 Å². The summed E-state index contributed by atoms with van der Waals surface area (Å²) in [7, 11) is 0. The van der Waals surface area contributed by atoms with Crippen molar-refractivity contribution in [1.29, 1.82) is 0 Å². The molecule has 1 unspecified atom stereocenters. The maximum atomic E-state index is 12.5. The molecule has 1 aromatic rings. The summed E-state index contributed by atoms with van der Waals surface area (Å²) >= 11 is 3.37. The molecule has 1 atom stereocenters. The summed E-state index contributed by atoms with van der Waals surface area (Å²) < 4.78 is 6.29. The van der Waals surface area contributed by atoms with Crippen molar-refractivity contribution in [2.45, 2.75) is 18.9 Å². The minimum absolute atomic E-state index is 0. The van der Waals surface area contributed by atoms with Crippen molar-refractivity contribution in [2.24, 2.45) is 5.73 Å². The van der Waals surface area contributed by atoms with Gasteiger partial charge in [0, 0.05) is 23.6 Å². The smallest absolute Gasteiger partial charge is 0.265 e. The fourth-order valence-electron chi connectivity index (χ4n) is 2.82. The Kier molecular flexibility index (Phi) is 5.89. The molecule has 23 heavy (non-hydrogen) atoms. The Labute approximate surface area is 149 Å². The second kappa shape index (κ2) is 7.51. The molecular weight excluding hydrogens is 386 g/mol. The Bertz CT molecular complexity index is 614.